The smallest absolute Gasteiger partial charge is 0.416 e. The van der Waals surface area contributed by atoms with E-state index >= 15 is 0 Å². The normalized spacial score (nSPS) is 18.2. The number of hydrogen-bond donors (Lipinski definition) is 2. The van der Waals surface area contributed by atoms with Gasteiger partial charge in [-0.3, -0.25) is 4.79 Å². The van der Waals surface area contributed by atoms with E-state index in [0.717, 1.165) is 41.4 Å². The minimum Gasteiger partial charge on any atom is -0.490 e. The first-order chi connectivity index (χ1) is 15.8. The molecule has 0 spiro atoms. The maximum atomic E-state index is 12.7. The highest BCUT2D eigenvalue weighted by molar-refractivity contribution is 7.13. The second-order valence-corrected chi connectivity index (χ2v) is 9.20. The number of benzene rings is 2. The molecule has 1 fully saturated rings. The van der Waals surface area contributed by atoms with Crippen LogP contribution in [0, 0.1) is 6.92 Å². The van der Waals surface area contributed by atoms with E-state index in [-0.39, 0.29) is 22.9 Å². The lowest BCUT2D eigenvalue weighted by molar-refractivity contribution is -0.137. The summed E-state index contributed by atoms with van der Waals surface area (Å²) >= 11 is 1.22. The summed E-state index contributed by atoms with van der Waals surface area (Å²) in [7, 11) is 0. The summed E-state index contributed by atoms with van der Waals surface area (Å²) in [6, 6.07) is 10.9. The van der Waals surface area contributed by atoms with Gasteiger partial charge in [0, 0.05) is 17.1 Å². The molecule has 2 N–H and O–H groups in total. The number of rotatable bonds is 5. The molecule has 33 heavy (non-hydrogen) atoms. The molecule has 2 aromatic carbocycles. The van der Waals surface area contributed by atoms with Gasteiger partial charge in [-0.05, 0) is 61.6 Å². The number of carbonyl (C=O) groups excluding carboxylic acids is 1. The number of H-pyrrole nitrogens is 1. The molecule has 0 saturated heterocycles. The van der Waals surface area contributed by atoms with E-state index in [1.165, 1.54) is 11.3 Å². The molecule has 2 aromatic heterocycles. The van der Waals surface area contributed by atoms with Crippen LogP contribution in [0.4, 0.5) is 18.9 Å². The van der Waals surface area contributed by atoms with Crippen molar-refractivity contribution in [3.63, 3.8) is 0 Å². The standard InChI is InChI=1S/C23H19F3N4O2S/c1-12-29-30-22(33-12)21(31)28-20-11-27-19-7-6-16(10-18(19)20)32-17-8-14(9-17)13-2-4-15(5-3-13)23(24,25)26/h2-7,10-11,14,17,27H,8-9H2,1H3,(H,28,31). The van der Waals surface area contributed by atoms with E-state index in [1.807, 2.05) is 18.2 Å². The summed E-state index contributed by atoms with van der Waals surface area (Å²) in [4.78, 5) is 15.5. The van der Waals surface area contributed by atoms with E-state index < -0.39 is 11.7 Å². The highest BCUT2D eigenvalue weighted by atomic mass is 32.1. The van der Waals surface area contributed by atoms with Crippen molar-refractivity contribution in [2.24, 2.45) is 0 Å². The van der Waals surface area contributed by atoms with Gasteiger partial charge < -0.3 is 15.0 Å². The van der Waals surface area contributed by atoms with E-state index in [9.17, 15) is 18.0 Å². The predicted molar refractivity (Wildman–Crippen MR) is 119 cm³/mol. The van der Waals surface area contributed by atoms with Crippen molar-refractivity contribution in [1.82, 2.24) is 15.2 Å². The fourth-order valence-corrected chi connectivity index (χ4v) is 4.50. The number of aromatic nitrogens is 3. The van der Waals surface area contributed by atoms with Gasteiger partial charge in [-0.1, -0.05) is 23.5 Å². The fourth-order valence-electron chi connectivity index (χ4n) is 3.91. The Morgan fingerprint density at radius 2 is 1.91 bits per heavy atom. The zero-order valence-corrected chi connectivity index (χ0v) is 18.3. The van der Waals surface area contributed by atoms with Crippen LogP contribution in [-0.4, -0.2) is 27.2 Å². The number of fused-ring (bicyclic) bond motifs is 1. The number of anilines is 1. The molecule has 6 nitrogen and oxygen atoms in total. The third-order valence-corrected chi connectivity index (χ3v) is 6.57. The maximum Gasteiger partial charge on any atom is 0.416 e. The van der Waals surface area contributed by atoms with Crippen LogP contribution in [0.25, 0.3) is 10.9 Å². The number of carbonyl (C=O) groups is 1. The zero-order chi connectivity index (χ0) is 23.2. The Labute approximate surface area is 190 Å². The van der Waals surface area contributed by atoms with Gasteiger partial charge in [-0.2, -0.15) is 13.2 Å². The van der Waals surface area contributed by atoms with Crippen molar-refractivity contribution >= 4 is 33.8 Å². The van der Waals surface area contributed by atoms with Crippen LogP contribution in [0.15, 0.2) is 48.7 Å². The first-order valence-corrected chi connectivity index (χ1v) is 11.1. The topological polar surface area (TPSA) is 79.9 Å². The van der Waals surface area contributed by atoms with Crippen LogP contribution in [0.5, 0.6) is 5.75 Å². The highest BCUT2D eigenvalue weighted by Gasteiger charge is 2.34. The van der Waals surface area contributed by atoms with Gasteiger partial charge in [0.15, 0.2) is 0 Å². The molecule has 1 saturated carbocycles. The molecule has 1 aliphatic carbocycles. The second kappa shape index (κ2) is 8.18. The molecule has 0 radical (unpaired) electrons. The van der Waals surface area contributed by atoms with Gasteiger partial charge in [-0.15, -0.1) is 10.2 Å². The molecule has 10 heteroatoms. The SMILES string of the molecule is Cc1nnc(C(=O)Nc2c[nH]c3ccc(OC4CC(c5ccc(C(F)(F)F)cc5)C4)cc23)s1. The van der Waals surface area contributed by atoms with E-state index in [2.05, 4.69) is 20.5 Å². The van der Waals surface area contributed by atoms with Crippen molar-refractivity contribution in [2.75, 3.05) is 5.32 Å². The number of amides is 1. The number of aromatic amines is 1. The summed E-state index contributed by atoms with van der Waals surface area (Å²) in [6.07, 6.45) is -1.16. The minimum atomic E-state index is -4.32. The molecule has 0 bridgehead atoms. The van der Waals surface area contributed by atoms with Crippen LogP contribution in [-0.2, 0) is 6.18 Å². The Morgan fingerprint density at radius 3 is 2.58 bits per heavy atom. The lowest BCUT2D eigenvalue weighted by Gasteiger charge is -2.35. The lowest BCUT2D eigenvalue weighted by atomic mass is 9.77. The van der Waals surface area contributed by atoms with Crippen LogP contribution >= 0.6 is 11.3 Å². The molecule has 0 unspecified atom stereocenters. The van der Waals surface area contributed by atoms with Gasteiger partial charge in [0.2, 0.25) is 5.01 Å². The summed E-state index contributed by atoms with van der Waals surface area (Å²) in [5.74, 6) is 0.518. The Balaban J connectivity index is 1.23. The maximum absolute atomic E-state index is 12.7. The van der Waals surface area contributed by atoms with Gasteiger partial charge in [0.05, 0.1) is 17.4 Å². The Hall–Kier alpha value is -3.40. The molecular formula is C23H19F3N4O2S. The zero-order valence-electron chi connectivity index (χ0n) is 17.4. The van der Waals surface area contributed by atoms with E-state index in [0.29, 0.717) is 16.4 Å². The van der Waals surface area contributed by atoms with Crippen LogP contribution in [0.1, 0.15) is 44.7 Å². The number of nitrogens with one attached hydrogen (secondary N) is 2. The average molecular weight is 472 g/mol. The van der Waals surface area contributed by atoms with Crippen molar-refractivity contribution in [2.45, 2.75) is 38.0 Å². The molecule has 1 aliphatic rings. The van der Waals surface area contributed by atoms with Crippen molar-refractivity contribution < 1.29 is 22.7 Å². The summed E-state index contributed by atoms with van der Waals surface area (Å²) < 4.78 is 44.3. The summed E-state index contributed by atoms with van der Waals surface area (Å²) in [5, 5.41) is 12.4. The quantitative estimate of drug-likeness (QED) is 0.378. The third kappa shape index (κ3) is 4.43. The van der Waals surface area contributed by atoms with Crippen molar-refractivity contribution in [3.8, 4) is 5.75 Å². The first kappa shape index (κ1) is 21.4. The molecule has 2 heterocycles. The lowest BCUT2D eigenvalue weighted by Crippen LogP contribution is -2.32. The third-order valence-electron chi connectivity index (χ3n) is 5.73. The fraction of sp³-hybridized carbons (Fsp3) is 0.261. The van der Waals surface area contributed by atoms with Gasteiger partial charge in [-0.25, -0.2) is 0 Å². The molecular weight excluding hydrogens is 453 g/mol. The first-order valence-electron chi connectivity index (χ1n) is 10.3. The number of alkyl halides is 3. The Kier molecular flexibility index (Phi) is 5.32. The second-order valence-electron chi connectivity index (χ2n) is 8.02. The molecule has 170 valence electrons. The molecule has 0 aliphatic heterocycles. The molecule has 1 amide bonds. The summed E-state index contributed by atoms with van der Waals surface area (Å²) in [6.45, 7) is 1.78. The largest absolute Gasteiger partial charge is 0.490 e. The monoisotopic (exact) mass is 472 g/mol. The van der Waals surface area contributed by atoms with Gasteiger partial charge in [0.25, 0.3) is 5.91 Å². The number of ether oxygens (including phenoxy) is 1. The average Bonchev–Trinajstić information content (AvgIpc) is 3.36. The molecule has 0 atom stereocenters. The number of halogens is 3. The van der Waals surface area contributed by atoms with Crippen LogP contribution in [0.2, 0.25) is 0 Å². The Morgan fingerprint density at radius 1 is 1.15 bits per heavy atom. The van der Waals surface area contributed by atoms with Crippen molar-refractivity contribution in [1.29, 1.82) is 0 Å². The number of nitrogens with zero attached hydrogens (tertiary/aromatic N) is 2. The Bertz CT molecular complexity index is 1310. The molecule has 5 rings (SSSR count). The highest BCUT2D eigenvalue weighted by Crippen LogP contribution is 2.41. The summed E-state index contributed by atoms with van der Waals surface area (Å²) in [5.41, 5.74) is 1.72. The number of aryl methyl sites for hydroxylation is 1. The van der Waals surface area contributed by atoms with Gasteiger partial charge in [0.1, 0.15) is 10.8 Å². The van der Waals surface area contributed by atoms with Crippen molar-refractivity contribution in [3.05, 3.63) is 69.8 Å². The number of hydrogen-bond acceptors (Lipinski definition) is 5. The van der Waals surface area contributed by atoms with Crippen LogP contribution in [0.3, 0.4) is 0 Å². The van der Waals surface area contributed by atoms with Crippen LogP contribution < -0.4 is 10.1 Å². The van der Waals surface area contributed by atoms with E-state index in [4.69, 9.17) is 4.74 Å². The van der Waals surface area contributed by atoms with E-state index in [1.54, 1.807) is 25.3 Å². The predicted octanol–water partition coefficient (Wildman–Crippen LogP) is 5.92. The molecule has 4 aromatic rings. The van der Waals surface area contributed by atoms with Gasteiger partial charge >= 0.3 is 6.18 Å². The minimum absolute atomic E-state index is 0.0175.